The highest BCUT2D eigenvalue weighted by molar-refractivity contribution is 6.18. The number of nitrogens with zero attached hydrogens (tertiary/aromatic N) is 2. The van der Waals surface area contributed by atoms with Gasteiger partial charge in [0.15, 0.2) is 6.10 Å². The number of anilines is 1. The number of aliphatic hydroxyl groups is 2. The van der Waals surface area contributed by atoms with Crippen molar-refractivity contribution >= 4 is 23.5 Å². The SMILES string of the molecule is O=C(Nc1ccn(C2OC(CO)C(O)C2(F)F)c(=O)n1)OCCCl. The largest absolute Gasteiger partial charge is 0.448 e. The maximum atomic E-state index is 14.0. The van der Waals surface area contributed by atoms with Crippen molar-refractivity contribution in [2.24, 2.45) is 0 Å². The van der Waals surface area contributed by atoms with E-state index in [9.17, 15) is 23.5 Å². The molecule has 1 amide bonds. The molecule has 0 bridgehead atoms. The summed E-state index contributed by atoms with van der Waals surface area (Å²) in [6.45, 7) is -0.908. The van der Waals surface area contributed by atoms with Crippen LogP contribution in [-0.2, 0) is 9.47 Å². The number of carbonyl (C=O) groups excluding carboxylic acids is 1. The van der Waals surface area contributed by atoms with E-state index in [-0.39, 0.29) is 18.3 Å². The topological polar surface area (TPSA) is 123 Å². The van der Waals surface area contributed by atoms with Crippen LogP contribution < -0.4 is 11.0 Å². The number of amides is 1. The molecule has 0 spiro atoms. The molecule has 3 N–H and O–H groups in total. The van der Waals surface area contributed by atoms with Crippen LogP contribution in [0, 0.1) is 0 Å². The lowest BCUT2D eigenvalue weighted by Crippen LogP contribution is -2.41. The van der Waals surface area contributed by atoms with E-state index in [0.717, 1.165) is 12.3 Å². The van der Waals surface area contributed by atoms with Gasteiger partial charge in [0.1, 0.15) is 18.5 Å². The van der Waals surface area contributed by atoms with E-state index in [1.165, 1.54) is 0 Å². The van der Waals surface area contributed by atoms with Crippen molar-refractivity contribution in [3.63, 3.8) is 0 Å². The monoisotopic (exact) mass is 369 g/mol. The molecule has 2 rings (SSSR count). The lowest BCUT2D eigenvalue weighted by Gasteiger charge is -2.21. The zero-order valence-electron chi connectivity index (χ0n) is 12.1. The summed E-state index contributed by atoms with van der Waals surface area (Å²) in [6, 6.07) is 1.07. The number of hydrogen-bond acceptors (Lipinski definition) is 7. The van der Waals surface area contributed by atoms with Gasteiger partial charge in [-0.2, -0.15) is 13.8 Å². The highest BCUT2D eigenvalue weighted by atomic mass is 35.5. The molecule has 1 aromatic rings. The number of ether oxygens (including phenoxy) is 2. The van der Waals surface area contributed by atoms with E-state index in [1.807, 2.05) is 0 Å². The number of hydrogen-bond donors (Lipinski definition) is 3. The first kappa shape index (κ1) is 18.5. The summed E-state index contributed by atoms with van der Waals surface area (Å²) in [7, 11) is 0. The van der Waals surface area contributed by atoms with Crippen molar-refractivity contribution in [3.8, 4) is 0 Å². The fourth-order valence-corrected chi connectivity index (χ4v) is 2.13. The zero-order chi connectivity index (χ0) is 17.9. The summed E-state index contributed by atoms with van der Waals surface area (Å²) in [5.41, 5.74) is -1.15. The fraction of sp³-hybridized carbons (Fsp3) is 0.583. The van der Waals surface area contributed by atoms with E-state index in [4.69, 9.17) is 21.4 Å². The van der Waals surface area contributed by atoms with Crippen molar-refractivity contribution in [1.29, 1.82) is 0 Å². The highest BCUT2D eigenvalue weighted by Gasteiger charge is 2.59. The third kappa shape index (κ3) is 3.64. The first-order chi connectivity index (χ1) is 11.3. The normalized spacial score (nSPS) is 25.5. The Bertz CT molecular complexity index is 658. The molecular formula is C12H14ClF2N3O6. The minimum absolute atomic E-state index is 0.0625. The van der Waals surface area contributed by atoms with Gasteiger partial charge in [-0.15, -0.1) is 11.6 Å². The number of nitrogens with one attached hydrogen (secondary N) is 1. The highest BCUT2D eigenvalue weighted by Crippen LogP contribution is 2.41. The van der Waals surface area contributed by atoms with E-state index >= 15 is 0 Å². The molecule has 1 aliphatic rings. The standard InChI is InChI=1S/C12H14ClF2N3O6/c13-2-4-23-11(22)17-7-1-3-18(10(21)16-7)9-12(14,15)8(20)6(5-19)24-9/h1,3,6,8-9,19-20H,2,4-5H2,(H,16,17,21,22). The number of carbonyl (C=O) groups is 1. The summed E-state index contributed by atoms with van der Waals surface area (Å²) in [4.78, 5) is 26.6. The zero-order valence-corrected chi connectivity index (χ0v) is 12.8. The Morgan fingerprint density at radius 3 is 2.83 bits per heavy atom. The smallest absolute Gasteiger partial charge is 0.412 e. The molecular weight excluding hydrogens is 356 g/mol. The second-order valence-electron chi connectivity index (χ2n) is 4.78. The van der Waals surface area contributed by atoms with Crippen molar-refractivity contribution < 1.29 is 33.3 Å². The first-order valence-corrected chi connectivity index (χ1v) is 7.25. The van der Waals surface area contributed by atoms with Crippen molar-refractivity contribution in [2.75, 3.05) is 24.4 Å². The van der Waals surface area contributed by atoms with Crippen molar-refractivity contribution in [1.82, 2.24) is 9.55 Å². The van der Waals surface area contributed by atoms with Crippen molar-refractivity contribution in [3.05, 3.63) is 22.7 Å². The molecule has 12 heteroatoms. The number of aromatic nitrogens is 2. The van der Waals surface area contributed by atoms with E-state index in [0.29, 0.717) is 4.57 Å². The predicted molar refractivity (Wildman–Crippen MR) is 76.1 cm³/mol. The molecule has 24 heavy (non-hydrogen) atoms. The van der Waals surface area contributed by atoms with Gasteiger partial charge in [-0.1, -0.05) is 0 Å². The molecule has 0 radical (unpaired) electrons. The minimum atomic E-state index is -3.81. The lowest BCUT2D eigenvalue weighted by atomic mass is 10.1. The molecule has 9 nitrogen and oxygen atoms in total. The predicted octanol–water partition coefficient (Wildman–Crippen LogP) is -0.0835. The third-order valence-corrected chi connectivity index (χ3v) is 3.34. The molecule has 1 saturated heterocycles. The number of aliphatic hydroxyl groups excluding tert-OH is 2. The maximum Gasteiger partial charge on any atom is 0.412 e. The van der Waals surface area contributed by atoms with Crippen LogP contribution in [0.2, 0.25) is 0 Å². The molecule has 0 aliphatic carbocycles. The van der Waals surface area contributed by atoms with Gasteiger partial charge >= 0.3 is 17.7 Å². The molecule has 2 heterocycles. The van der Waals surface area contributed by atoms with Crippen LogP contribution in [0.5, 0.6) is 0 Å². The minimum Gasteiger partial charge on any atom is -0.448 e. The van der Waals surface area contributed by atoms with Crippen LogP contribution in [-0.4, -0.2) is 63.1 Å². The summed E-state index contributed by atoms with van der Waals surface area (Å²) in [5, 5.41) is 20.5. The Labute approximate surface area is 138 Å². The molecule has 3 unspecified atom stereocenters. The van der Waals surface area contributed by atoms with Crippen LogP contribution in [0.4, 0.5) is 19.4 Å². The Hall–Kier alpha value is -1.82. The average Bonchev–Trinajstić information content (AvgIpc) is 2.76. The maximum absolute atomic E-state index is 14.0. The second kappa shape index (κ2) is 7.38. The third-order valence-electron chi connectivity index (χ3n) is 3.18. The average molecular weight is 370 g/mol. The lowest BCUT2D eigenvalue weighted by molar-refractivity contribution is -0.140. The summed E-state index contributed by atoms with van der Waals surface area (Å²) in [5.74, 6) is -3.96. The molecule has 134 valence electrons. The van der Waals surface area contributed by atoms with E-state index in [1.54, 1.807) is 0 Å². The van der Waals surface area contributed by atoms with Gasteiger partial charge in [0.2, 0.25) is 6.23 Å². The van der Waals surface area contributed by atoms with Gasteiger partial charge < -0.3 is 19.7 Å². The number of halogens is 3. The van der Waals surface area contributed by atoms with Gasteiger partial charge in [-0.3, -0.25) is 9.88 Å². The first-order valence-electron chi connectivity index (χ1n) is 6.72. The summed E-state index contributed by atoms with van der Waals surface area (Å²) in [6.07, 6.45) is -5.96. The molecule has 1 aliphatic heterocycles. The van der Waals surface area contributed by atoms with Crippen LogP contribution in [0.1, 0.15) is 6.23 Å². The molecule has 0 saturated carbocycles. The molecule has 1 fully saturated rings. The van der Waals surface area contributed by atoms with E-state index < -0.39 is 42.7 Å². The van der Waals surface area contributed by atoms with Gasteiger partial charge in [-0.25, -0.2) is 9.59 Å². The van der Waals surface area contributed by atoms with Crippen LogP contribution in [0.15, 0.2) is 17.1 Å². The van der Waals surface area contributed by atoms with Gasteiger partial charge in [0.25, 0.3) is 0 Å². The molecule has 1 aromatic heterocycles. The Balaban J connectivity index is 2.18. The Morgan fingerprint density at radius 1 is 1.58 bits per heavy atom. The number of alkyl halides is 3. The Kier molecular flexibility index (Phi) is 5.70. The Morgan fingerprint density at radius 2 is 2.29 bits per heavy atom. The second-order valence-corrected chi connectivity index (χ2v) is 5.16. The van der Waals surface area contributed by atoms with Crippen molar-refractivity contribution in [2.45, 2.75) is 24.4 Å². The quantitative estimate of drug-likeness (QED) is 0.620. The molecule has 0 aromatic carbocycles. The fourth-order valence-electron chi connectivity index (χ4n) is 2.05. The number of rotatable bonds is 5. The van der Waals surface area contributed by atoms with Gasteiger partial charge in [-0.05, 0) is 6.07 Å². The van der Waals surface area contributed by atoms with Crippen LogP contribution in [0.3, 0.4) is 0 Å². The summed E-state index contributed by atoms with van der Waals surface area (Å²) < 4.78 is 37.8. The van der Waals surface area contributed by atoms with Crippen LogP contribution >= 0.6 is 11.6 Å². The van der Waals surface area contributed by atoms with Gasteiger partial charge in [0.05, 0.1) is 12.5 Å². The van der Waals surface area contributed by atoms with Gasteiger partial charge in [0, 0.05) is 6.20 Å². The molecule has 3 atom stereocenters. The summed E-state index contributed by atoms with van der Waals surface area (Å²) >= 11 is 5.33. The van der Waals surface area contributed by atoms with E-state index in [2.05, 4.69) is 15.0 Å². The van der Waals surface area contributed by atoms with Crippen LogP contribution in [0.25, 0.3) is 0 Å².